The van der Waals surface area contributed by atoms with E-state index in [-0.39, 0.29) is 23.2 Å². The van der Waals surface area contributed by atoms with Gasteiger partial charge >= 0.3 is 6.03 Å². The zero-order valence-electron chi connectivity index (χ0n) is 23.2. The van der Waals surface area contributed by atoms with E-state index in [0.29, 0.717) is 29.7 Å². The number of hydrogen-bond acceptors (Lipinski definition) is 3. The predicted molar refractivity (Wildman–Crippen MR) is 152 cm³/mol. The molecule has 4 saturated carbocycles. The number of fused-ring (bicyclic) bond motifs is 1. The van der Waals surface area contributed by atoms with Gasteiger partial charge in [-0.2, -0.15) is 0 Å². The Morgan fingerprint density at radius 2 is 1.68 bits per heavy atom. The van der Waals surface area contributed by atoms with Crippen LogP contribution in [0.15, 0.2) is 47.3 Å². The zero-order valence-corrected chi connectivity index (χ0v) is 23.2. The molecule has 4 bridgehead atoms. The highest BCUT2D eigenvalue weighted by Crippen LogP contribution is 2.55. The predicted octanol–water partition coefficient (Wildman–Crippen LogP) is 6.45. The molecular formula is C32H40N4O2. The van der Waals surface area contributed by atoms with Gasteiger partial charge < -0.3 is 10.2 Å². The maximum absolute atomic E-state index is 14.0. The molecule has 1 atom stereocenters. The SMILES string of the molecule is CCC(c1nc2ccccc2c(=O)n1-c1ccc(C)c(C)c1)N(CC)C(=O)NC12CC3CC(CC(C3)C1)C2. The van der Waals surface area contributed by atoms with Crippen LogP contribution in [-0.2, 0) is 0 Å². The Kier molecular flexibility index (Phi) is 6.32. The van der Waals surface area contributed by atoms with Crippen LogP contribution < -0.4 is 10.9 Å². The Labute approximate surface area is 225 Å². The first-order valence-electron chi connectivity index (χ1n) is 14.5. The normalized spacial score (nSPS) is 26.5. The first kappa shape index (κ1) is 25.1. The Bertz CT molecular complexity index is 1410. The van der Waals surface area contributed by atoms with Gasteiger partial charge in [-0.05, 0) is 119 Å². The van der Waals surface area contributed by atoms with E-state index in [1.165, 1.54) is 24.8 Å². The number of aryl methyl sites for hydroxylation is 2. The van der Waals surface area contributed by atoms with Crippen LogP contribution in [0.25, 0.3) is 16.6 Å². The molecule has 4 aliphatic carbocycles. The third-order valence-corrected chi connectivity index (χ3v) is 9.62. The molecular weight excluding hydrogens is 472 g/mol. The van der Waals surface area contributed by atoms with Crippen molar-refractivity contribution in [1.82, 2.24) is 19.8 Å². The van der Waals surface area contributed by atoms with Crippen LogP contribution in [0.5, 0.6) is 0 Å². The first-order valence-corrected chi connectivity index (χ1v) is 14.5. The highest BCUT2D eigenvalue weighted by atomic mass is 16.2. The molecule has 0 spiro atoms. The summed E-state index contributed by atoms with van der Waals surface area (Å²) in [7, 11) is 0. The van der Waals surface area contributed by atoms with Gasteiger partial charge in [0.25, 0.3) is 5.56 Å². The Balaban J connectivity index is 1.41. The second-order valence-electron chi connectivity index (χ2n) is 12.2. The fraction of sp³-hybridized carbons (Fsp3) is 0.531. The maximum Gasteiger partial charge on any atom is 0.318 e. The minimum atomic E-state index is -0.326. The number of nitrogens with one attached hydrogen (secondary N) is 1. The van der Waals surface area contributed by atoms with Crippen molar-refractivity contribution in [2.45, 2.75) is 84.2 Å². The van der Waals surface area contributed by atoms with E-state index in [4.69, 9.17) is 4.98 Å². The van der Waals surface area contributed by atoms with Crippen LogP contribution >= 0.6 is 0 Å². The lowest BCUT2D eigenvalue weighted by atomic mass is 9.53. The van der Waals surface area contributed by atoms with Gasteiger partial charge in [-0.1, -0.05) is 25.1 Å². The van der Waals surface area contributed by atoms with E-state index in [1.54, 1.807) is 4.57 Å². The molecule has 0 saturated heterocycles. The third-order valence-electron chi connectivity index (χ3n) is 9.62. The summed E-state index contributed by atoms with van der Waals surface area (Å²) in [4.78, 5) is 34.9. The molecule has 1 heterocycles. The number of urea groups is 1. The average molecular weight is 513 g/mol. The van der Waals surface area contributed by atoms with E-state index in [2.05, 4.69) is 32.2 Å². The van der Waals surface area contributed by atoms with Gasteiger partial charge in [-0.25, -0.2) is 9.78 Å². The summed E-state index contributed by atoms with van der Waals surface area (Å²) in [5, 5.41) is 4.15. The Hall–Kier alpha value is -3.15. The summed E-state index contributed by atoms with van der Waals surface area (Å²) in [6.45, 7) is 8.79. The number of aromatic nitrogens is 2. The van der Waals surface area contributed by atoms with Crippen molar-refractivity contribution in [3.8, 4) is 5.69 Å². The summed E-state index contributed by atoms with van der Waals surface area (Å²) >= 11 is 0. The number of para-hydroxylation sites is 1. The van der Waals surface area contributed by atoms with E-state index < -0.39 is 0 Å². The molecule has 4 fully saturated rings. The number of hydrogen-bond donors (Lipinski definition) is 1. The van der Waals surface area contributed by atoms with Crippen LogP contribution in [0, 0.1) is 31.6 Å². The van der Waals surface area contributed by atoms with E-state index in [9.17, 15) is 9.59 Å². The molecule has 38 heavy (non-hydrogen) atoms. The lowest BCUT2D eigenvalue weighted by Gasteiger charge is -2.57. The quantitative estimate of drug-likeness (QED) is 0.412. The fourth-order valence-electron chi connectivity index (χ4n) is 8.10. The maximum atomic E-state index is 14.0. The summed E-state index contributed by atoms with van der Waals surface area (Å²) in [5.74, 6) is 2.91. The molecule has 4 aliphatic rings. The fourth-order valence-corrected chi connectivity index (χ4v) is 8.10. The molecule has 2 aromatic carbocycles. The number of amides is 2. The van der Waals surface area contributed by atoms with Crippen LogP contribution in [0.3, 0.4) is 0 Å². The van der Waals surface area contributed by atoms with Crippen molar-refractivity contribution in [1.29, 1.82) is 0 Å². The van der Waals surface area contributed by atoms with Crippen molar-refractivity contribution < 1.29 is 4.79 Å². The van der Waals surface area contributed by atoms with Crippen LogP contribution in [0.1, 0.15) is 81.8 Å². The Morgan fingerprint density at radius 1 is 1.03 bits per heavy atom. The van der Waals surface area contributed by atoms with Crippen molar-refractivity contribution in [3.05, 3.63) is 69.8 Å². The first-order chi connectivity index (χ1) is 18.3. The van der Waals surface area contributed by atoms with Gasteiger partial charge in [0, 0.05) is 12.1 Å². The zero-order chi connectivity index (χ0) is 26.6. The van der Waals surface area contributed by atoms with Gasteiger partial charge in [0.1, 0.15) is 5.82 Å². The van der Waals surface area contributed by atoms with Gasteiger partial charge in [-0.3, -0.25) is 9.36 Å². The summed E-state index contributed by atoms with van der Waals surface area (Å²) in [5.41, 5.74) is 3.60. The minimum absolute atomic E-state index is 0.0182. The van der Waals surface area contributed by atoms with Crippen LogP contribution in [-0.4, -0.2) is 32.6 Å². The van der Waals surface area contributed by atoms with Gasteiger partial charge in [0.15, 0.2) is 0 Å². The molecule has 1 aromatic heterocycles. The average Bonchev–Trinajstić information content (AvgIpc) is 2.87. The monoisotopic (exact) mass is 512 g/mol. The van der Waals surface area contributed by atoms with Crippen molar-refractivity contribution in [3.63, 3.8) is 0 Å². The third kappa shape index (κ3) is 4.22. The number of carbonyl (C=O) groups is 1. The molecule has 6 heteroatoms. The number of benzene rings is 2. The highest BCUT2D eigenvalue weighted by molar-refractivity contribution is 5.79. The lowest BCUT2D eigenvalue weighted by molar-refractivity contribution is -0.0164. The van der Waals surface area contributed by atoms with Gasteiger partial charge in [0.2, 0.25) is 0 Å². The molecule has 0 aliphatic heterocycles. The largest absolute Gasteiger partial charge is 0.333 e. The van der Waals surface area contributed by atoms with E-state index in [0.717, 1.165) is 48.3 Å². The van der Waals surface area contributed by atoms with Crippen LogP contribution in [0.4, 0.5) is 4.79 Å². The van der Waals surface area contributed by atoms with E-state index >= 15 is 0 Å². The summed E-state index contributed by atoms with van der Waals surface area (Å²) in [6, 6.07) is 13.3. The standard InChI is InChI=1S/C32H40N4O2/c1-5-28(35(6-2)31(38)34-32-17-22-14-23(18-32)16-24(15-22)19-32)29-33-27-10-8-7-9-26(27)30(37)36(29)25-12-11-20(3)21(4)13-25/h7-13,22-24,28H,5-6,14-19H2,1-4H3,(H,34,38). The molecule has 3 aromatic rings. The number of nitrogens with zero attached hydrogens (tertiary/aromatic N) is 3. The molecule has 7 rings (SSSR count). The van der Waals surface area contributed by atoms with Crippen molar-refractivity contribution in [2.75, 3.05) is 6.54 Å². The molecule has 6 nitrogen and oxygen atoms in total. The van der Waals surface area contributed by atoms with Crippen molar-refractivity contribution >= 4 is 16.9 Å². The van der Waals surface area contributed by atoms with Gasteiger partial charge in [0.05, 0.1) is 22.6 Å². The highest BCUT2D eigenvalue weighted by Gasteiger charge is 2.52. The molecule has 1 N–H and O–H groups in total. The smallest absolute Gasteiger partial charge is 0.318 e. The van der Waals surface area contributed by atoms with E-state index in [1.807, 2.05) is 48.2 Å². The van der Waals surface area contributed by atoms with Crippen molar-refractivity contribution in [2.24, 2.45) is 17.8 Å². The molecule has 200 valence electrons. The lowest BCUT2D eigenvalue weighted by Crippen LogP contribution is -2.62. The Morgan fingerprint density at radius 3 is 2.29 bits per heavy atom. The molecule has 1 unspecified atom stereocenters. The summed E-state index contributed by atoms with van der Waals surface area (Å²) < 4.78 is 1.74. The molecule has 0 radical (unpaired) electrons. The topological polar surface area (TPSA) is 67.2 Å². The number of carbonyl (C=O) groups excluding carboxylic acids is 1. The van der Waals surface area contributed by atoms with Crippen LogP contribution in [0.2, 0.25) is 0 Å². The molecule has 2 amide bonds. The van der Waals surface area contributed by atoms with Gasteiger partial charge in [-0.15, -0.1) is 0 Å². The second kappa shape index (κ2) is 9.55. The number of rotatable bonds is 6. The second-order valence-corrected chi connectivity index (χ2v) is 12.2. The summed E-state index contributed by atoms with van der Waals surface area (Å²) in [6.07, 6.45) is 8.02. The minimum Gasteiger partial charge on any atom is -0.333 e.